The van der Waals surface area contributed by atoms with Gasteiger partial charge in [-0.15, -0.1) is 0 Å². The van der Waals surface area contributed by atoms with E-state index in [4.69, 9.17) is 9.15 Å². The lowest BCUT2D eigenvalue weighted by molar-refractivity contribution is -0.116. The molecular weight excluding hydrogens is 443 g/mol. The molecule has 2 aromatic heterocycles. The lowest BCUT2D eigenvalue weighted by atomic mass is 10.2. The molecule has 0 saturated carbocycles. The van der Waals surface area contributed by atoms with Crippen molar-refractivity contribution in [2.75, 3.05) is 38.6 Å². The molecule has 34 heavy (non-hydrogen) atoms. The minimum atomic E-state index is -0.451. The summed E-state index contributed by atoms with van der Waals surface area (Å²) in [6, 6.07) is 10.4. The first-order valence-corrected chi connectivity index (χ1v) is 10.8. The number of pyridine rings is 1. The highest BCUT2D eigenvalue weighted by molar-refractivity contribution is 5.91. The normalized spacial score (nSPS) is 14.1. The number of carbonyl (C=O) groups is 2. The zero-order valence-corrected chi connectivity index (χ0v) is 18.7. The van der Waals surface area contributed by atoms with E-state index in [9.17, 15) is 18.8 Å². The van der Waals surface area contributed by atoms with Crippen LogP contribution in [0.4, 0.5) is 10.1 Å². The summed E-state index contributed by atoms with van der Waals surface area (Å²) in [5.74, 6) is -0.544. The van der Waals surface area contributed by atoms with Gasteiger partial charge in [0.2, 0.25) is 11.3 Å². The number of piperazine rings is 1. The van der Waals surface area contributed by atoms with Crippen LogP contribution < -0.4 is 15.5 Å². The molecule has 3 aromatic rings. The molecule has 9 nitrogen and oxygen atoms in total. The maximum absolute atomic E-state index is 13.4. The largest absolute Gasteiger partial charge is 0.491 e. The number of anilines is 1. The van der Waals surface area contributed by atoms with Crippen molar-refractivity contribution in [1.29, 1.82) is 0 Å². The fourth-order valence-electron chi connectivity index (χ4n) is 3.85. The van der Waals surface area contributed by atoms with Crippen molar-refractivity contribution in [1.82, 2.24) is 14.4 Å². The van der Waals surface area contributed by atoms with E-state index in [2.05, 4.69) is 10.2 Å². The fraction of sp³-hybridized carbons (Fsp3) is 0.292. The molecule has 1 aliphatic rings. The first kappa shape index (κ1) is 23.2. The Morgan fingerprint density at radius 3 is 2.59 bits per heavy atom. The molecule has 178 valence electrons. The van der Waals surface area contributed by atoms with E-state index in [1.807, 2.05) is 0 Å². The predicted octanol–water partition coefficient (Wildman–Crippen LogP) is 2.19. The Kier molecular flexibility index (Phi) is 7.07. The van der Waals surface area contributed by atoms with Crippen LogP contribution in [0.5, 0.6) is 5.75 Å². The monoisotopic (exact) mass is 468 g/mol. The summed E-state index contributed by atoms with van der Waals surface area (Å²) < 4.78 is 25.4. The Bertz CT molecular complexity index is 1220. The van der Waals surface area contributed by atoms with Gasteiger partial charge in [0.25, 0.3) is 5.91 Å². The molecule has 0 radical (unpaired) electrons. The van der Waals surface area contributed by atoms with Crippen LogP contribution in [-0.2, 0) is 17.9 Å². The highest BCUT2D eigenvalue weighted by atomic mass is 19.1. The van der Waals surface area contributed by atoms with Gasteiger partial charge in [-0.25, -0.2) is 4.39 Å². The first-order valence-electron chi connectivity index (χ1n) is 10.8. The topological polar surface area (TPSA) is 97.0 Å². The smallest absolute Gasteiger partial charge is 0.289 e. The van der Waals surface area contributed by atoms with Crippen LogP contribution in [0, 0.1) is 5.82 Å². The number of amides is 2. The highest BCUT2D eigenvalue weighted by Gasteiger charge is 2.24. The molecular formula is C24H25FN4O5. The van der Waals surface area contributed by atoms with Crippen molar-refractivity contribution in [2.45, 2.75) is 13.1 Å². The van der Waals surface area contributed by atoms with Crippen LogP contribution in [0.2, 0.25) is 0 Å². The predicted molar refractivity (Wildman–Crippen MR) is 122 cm³/mol. The van der Waals surface area contributed by atoms with Crippen molar-refractivity contribution in [3.8, 4) is 5.75 Å². The number of hydrogen-bond donors (Lipinski definition) is 1. The van der Waals surface area contributed by atoms with E-state index < -0.39 is 5.82 Å². The molecule has 1 aromatic carbocycles. The third-order valence-corrected chi connectivity index (χ3v) is 5.60. The van der Waals surface area contributed by atoms with Gasteiger partial charge in [0, 0.05) is 50.2 Å². The number of halogens is 1. The summed E-state index contributed by atoms with van der Waals surface area (Å²) in [6.45, 7) is 2.55. The minimum absolute atomic E-state index is 0.0839. The average molecular weight is 468 g/mol. The van der Waals surface area contributed by atoms with Gasteiger partial charge in [0.1, 0.15) is 12.4 Å². The molecule has 0 spiro atoms. The lowest BCUT2D eigenvalue weighted by Gasteiger charge is -2.34. The molecule has 1 fully saturated rings. The molecule has 2 amide bonds. The zero-order chi connectivity index (χ0) is 24.1. The summed E-state index contributed by atoms with van der Waals surface area (Å²) in [7, 11) is 1.39. The van der Waals surface area contributed by atoms with Crippen LogP contribution >= 0.6 is 0 Å². The van der Waals surface area contributed by atoms with E-state index in [1.54, 1.807) is 27.7 Å². The summed E-state index contributed by atoms with van der Waals surface area (Å²) in [6.07, 6.45) is 2.97. The van der Waals surface area contributed by atoms with Crippen molar-refractivity contribution in [3.05, 3.63) is 82.4 Å². The number of nitrogens with zero attached hydrogens (tertiary/aromatic N) is 3. The van der Waals surface area contributed by atoms with Crippen molar-refractivity contribution < 1.29 is 23.1 Å². The summed E-state index contributed by atoms with van der Waals surface area (Å²) in [5.41, 5.74) is 0.689. The Labute approximate surface area is 195 Å². The fourth-order valence-corrected chi connectivity index (χ4v) is 3.85. The minimum Gasteiger partial charge on any atom is -0.491 e. The molecule has 1 N–H and O–H groups in total. The zero-order valence-electron chi connectivity index (χ0n) is 18.7. The van der Waals surface area contributed by atoms with E-state index in [1.165, 1.54) is 43.8 Å². The van der Waals surface area contributed by atoms with Crippen LogP contribution in [0.3, 0.4) is 0 Å². The first-order chi connectivity index (χ1) is 16.4. The Hall–Kier alpha value is -3.92. The second-order valence-corrected chi connectivity index (χ2v) is 7.93. The number of furan rings is 1. The van der Waals surface area contributed by atoms with Gasteiger partial charge in [-0.05, 0) is 30.3 Å². The maximum atomic E-state index is 13.4. The summed E-state index contributed by atoms with van der Waals surface area (Å²) >= 11 is 0. The standard InChI is InChI=1S/C24H25FN4O5/c1-33-22-15-29(16-23(31)26-18-5-2-4-17(25)12-18)19(13-20(22)30)14-27-7-9-28(10-8-27)24(32)21-6-3-11-34-21/h2-6,11-13,15H,7-10,14,16H2,1H3,(H,26,31). The van der Waals surface area contributed by atoms with E-state index in [-0.39, 0.29) is 29.5 Å². The number of nitrogens with one attached hydrogen (secondary N) is 1. The Morgan fingerprint density at radius 2 is 1.91 bits per heavy atom. The quantitative estimate of drug-likeness (QED) is 0.571. The molecule has 10 heteroatoms. The van der Waals surface area contributed by atoms with Gasteiger partial charge < -0.3 is 23.9 Å². The number of benzene rings is 1. The molecule has 0 bridgehead atoms. The SMILES string of the molecule is COc1cn(CC(=O)Nc2cccc(F)c2)c(CN2CCN(C(=O)c3ccco3)CC2)cc1=O. The van der Waals surface area contributed by atoms with Gasteiger partial charge in [-0.3, -0.25) is 19.3 Å². The van der Waals surface area contributed by atoms with Crippen LogP contribution in [-0.4, -0.2) is 59.5 Å². The van der Waals surface area contributed by atoms with Gasteiger partial charge in [0.05, 0.1) is 19.6 Å². The molecule has 3 heterocycles. The number of carbonyl (C=O) groups excluding carboxylic acids is 2. The lowest BCUT2D eigenvalue weighted by Crippen LogP contribution is -2.48. The number of aromatic nitrogens is 1. The second-order valence-electron chi connectivity index (χ2n) is 7.93. The number of methoxy groups -OCH3 is 1. The molecule has 1 saturated heterocycles. The van der Waals surface area contributed by atoms with Gasteiger partial charge >= 0.3 is 0 Å². The van der Waals surface area contributed by atoms with Crippen molar-refractivity contribution in [3.63, 3.8) is 0 Å². The van der Waals surface area contributed by atoms with E-state index in [0.717, 1.165) is 0 Å². The van der Waals surface area contributed by atoms with Crippen LogP contribution in [0.25, 0.3) is 0 Å². The number of hydrogen-bond acceptors (Lipinski definition) is 6. The third-order valence-electron chi connectivity index (χ3n) is 5.60. The molecule has 0 atom stereocenters. The molecule has 0 aliphatic carbocycles. The highest BCUT2D eigenvalue weighted by Crippen LogP contribution is 2.15. The molecule has 0 unspecified atom stereocenters. The van der Waals surface area contributed by atoms with Crippen molar-refractivity contribution >= 4 is 17.5 Å². The van der Waals surface area contributed by atoms with E-state index in [0.29, 0.717) is 49.9 Å². The molecule has 4 rings (SSSR count). The van der Waals surface area contributed by atoms with Gasteiger partial charge in [-0.1, -0.05) is 6.07 Å². The maximum Gasteiger partial charge on any atom is 0.289 e. The van der Waals surface area contributed by atoms with Gasteiger partial charge in [-0.2, -0.15) is 0 Å². The van der Waals surface area contributed by atoms with Gasteiger partial charge in [0.15, 0.2) is 11.5 Å². The number of rotatable bonds is 7. The average Bonchev–Trinajstić information content (AvgIpc) is 3.36. The summed E-state index contributed by atoms with van der Waals surface area (Å²) in [4.78, 5) is 41.3. The Morgan fingerprint density at radius 1 is 1.12 bits per heavy atom. The van der Waals surface area contributed by atoms with Crippen LogP contribution in [0.15, 0.2) is 64.1 Å². The van der Waals surface area contributed by atoms with E-state index >= 15 is 0 Å². The summed E-state index contributed by atoms with van der Waals surface area (Å²) in [5, 5.41) is 2.66. The Balaban J connectivity index is 1.44. The van der Waals surface area contributed by atoms with Crippen molar-refractivity contribution in [2.24, 2.45) is 0 Å². The van der Waals surface area contributed by atoms with Crippen LogP contribution in [0.1, 0.15) is 16.2 Å². The second kappa shape index (κ2) is 10.3. The number of ether oxygens (including phenoxy) is 1. The third kappa shape index (κ3) is 5.52. The molecule has 1 aliphatic heterocycles.